The number of rotatable bonds is 7. The van der Waals surface area contributed by atoms with Gasteiger partial charge >= 0.3 is 0 Å². The van der Waals surface area contributed by atoms with E-state index in [1.807, 2.05) is 0 Å². The van der Waals surface area contributed by atoms with E-state index < -0.39 is 0 Å². The van der Waals surface area contributed by atoms with Crippen molar-refractivity contribution in [1.29, 1.82) is 0 Å². The van der Waals surface area contributed by atoms with Gasteiger partial charge in [0.05, 0.1) is 5.60 Å². The lowest BCUT2D eigenvalue weighted by Crippen LogP contribution is -2.45. The molecule has 0 spiro atoms. The molecule has 3 aliphatic carbocycles. The summed E-state index contributed by atoms with van der Waals surface area (Å²) in [5.41, 5.74) is 0.401. The molecule has 3 fully saturated rings. The third kappa shape index (κ3) is 3.47. The molecule has 0 aliphatic heterocycles. The summed E-state index contributed by atoms with van der Waals surface area (Å²) >= 11 is 0. The van der Waals surface area contributed by atoms with Crippen LogP contribution in [0.3, 0.4) is 0 Å². The molecule has 0 amide bonds. The van der Waals surface area contributed by atoms with E-state index >= 15 is 0 Å². The highest BCUT2D eigenvalue weighted by Crippen LogP contribution is 2.54. The van der Waals surface area contributed by atoms with E-state index in [9.17, 15) is 5.11 Å². The van der Waals surface area contributed by atoms with Crippen LogP contribution in [0.4, 0.5) is 0 Å². The standard InChI is InChI=1S/C16H30O/c1-2-3-4-5-6-7-8-15-9-12-16(17,13-10-15)14-11-15/h17H,2-14H2,1H3. The smallest absolute Gasteiger partial charge is 0.0648 e. The van der Waals surface area contributed by atoms with Crippen LogP contribution >= 0.6 is 0 Å². The van der Waals surface area contributed by atoms with Crippen molar-refractivity contribution in [3.8, 4) is 0 Å². The van der Waals surface area contributed by atoms with Crippen LogP contribution in [-0.2, 0) is 0 Å². The van der Waals surface area contributed by atoms with Crippen LogP contribution in [0.5, 0.6) is 0 Å². The molecular weight excluding hydrogens is 208 g/mol. The lowest BCUT2D eigenvalue weighted by molar-refractivity contribution is -0.0948. The molecule has 3 aliphatic rings. The Hall–Kier alpha value is -0.0400. The molecule has 0 aromatic rings. The fourth-order valence-corrected chi connectivity index (χ4v) is 3.90. The van der Waals surface area contributed by atoms with Crippen molar-refractivity contribution >= 4 is 0 Å². The Labute approximate surface area is 107 Å². The van der Waals surface area contributed by atoms with E-state index in [2.05, 4.69) is 6.92 Å². The predicted molar refractivity (Wildman–Crippen MR) is 73.1 cm³/mol. The SMILES string of the molecule is CCCCCCCCC12CCC(O)(CC1)CC2. The molecular formula is C16H30O. The Morgan fingerprint density at radius 2 is 1.29 bits per heavy atom. The van der Waals surface area contributed by atoms with Crippen molar-refractivity contribution in [1.82, 2.24) is 0 Å². The van der Waals surface area contributed by atoms with Gasteiger partial charge in [-0.25, -0.2) is 0 Å². The first-order chi connectivity index (χ1) is 8.18. The minimum Gasteiger partial charge on any atom is -0.390 e. The van der Waals surface area contributed by atoms with Gasteiger partial charge in [0.15, 0.2) is 0 Å². The second-order valence-electron chi connectivity index (χ2n) is 6.74. The van der Waals surface area contributed by atoms with Gasteiger partial charge in [-0.1, -0.05) is 45.4 Å². The van der Waals surface area contributed by atoms with E-state index in [1.54, 1.807) is 0 Å². The van der Waals surface area contributed by atoms with E-state index in [1.165, 1.54) is 64.2 Å². The lowest BCUT2D eigenvalue weighted by atomic mass is 9.57. The van der Waals surface area contributed by atoms with Crippen molar-refractivity contribution in [2.45, 2.75) is 96.0 Å². The summed E-state index contributed by atoms with van der Waals surface area (Å²) in [5, 5.41) is 10.2. The van der Waals surface area contributed by atoms with Crippen LogP contribution in [0, 0.1) is 5.41 Å². The monoisotopic (exact) mass is 238 g/mol. The van der Waals surface area contributed by atoms with Gasteiger partial charge in [-0.2, -0.15) is 0 Å². The maximum absolute atomic E-state index is 10.2. The van der Waals surface area contributed by atoms with Gasteiger partial charge in [-0.3, -0.25) is 0 Å². The van der Waals surface area contributed by atoms with Crippen molar-refractivity contribution in [3.05, 3.63) is 0 Å². The first-order valence-corrected chi connectivity index (χ1v) is 7.91. The average molecular weight is 238 g/mol. The number of hydrogen-bond acceptors (Lipinski definition) is 1. The summed E-state index contributed by atoms with van der Waals surface area (Å²) in [5.74, 6) is 0. The zero-order valence-corrected chi connectivity index (χ0v) is 11.6. The third-order valence-electron chi connectivity index (χ3n) is 5.42. The molecule has 17 heavy (non-hydrogen) atoms. The minimum atomic E-state index is -0.247. The molecule has 0 heterocycles. The number of unbranched alkanes of at least 4 members (excludes halogenated alkanes) is 5. The maximum atomic E-state index is 10.2. The minimum absolute atomic E-state index is 0.247. The molecule has 3 rings (SSSR count). The van der Waals surface area contributed by atoms with Gasteiger partial charge in [0.25, 0.3) is 0 Å². The lowest BCUT2D eigenvalue weighted by Gasteiger charge is -2.51. The number of hydrogen-bond donors (Lipinski definition) is 1. The van der Waals surface area contributed by atoms with Crippen LogP contribution in [0.1, 0.15) is 90.4 Å². The van der Waals surface area contributed by atoms with Gasteiger partial charge in [0, 0.05) is 0 Å². The molecule has 0 aromatic heterocycles. The number of fused-ring (bicyclic) bond motifs is 3. The molecule has 0 unspecified atom stereocenters. The quantitative estimate of drug-likeness (QED) is 0.630. The summed E-state index contributed by atoms with van der Waals surface area (Å²) in [6.45, 7) is 2.28. The summed E-state index contributed by atoms with van der Waals surface area (Å²) in [7, 11) is 0. The van der Waals surface area contributed by atoms with Crippen molar-refractivity contribution in [2.75, 3.05) is 0 Å². The van der Waals surface area contributed by atoms with Crippen molar-refractivity contribution < 1.29 is 5.11 Å². The van der Waals surface area contributed by atoms with E-state index in [0.29, 0.717) is 5.41 Å². The van der Waals surface area contributed by atoms with Crippen LogP contribution in [0.25, 0.3) is 0 Å². The topological polar surface area (TPSA) is 20.2 Å². The molecule has 1 nitrogen and oxygen atoms in total. The highest BCUT2D eigenvalue weighted by Gasteiger charge is 2.46. The normalized spacial score (nSPS) is 36.4. The van der Waals surface area contributed by atoms with Crippen LogP contribution in [0.2, 0.25) is 0 Å². The number of aliphatic hydroxyl groups is 1. The van der Waals surface area contributed by atoms with Gasteiger partial charge in [-0.05, 0) is 50.4 Å². The molecule has 3 saturated carbocycles. The van der Waals surface area contributed by atoms with Crippen LogP contribution < -0.4 is 0 Å². The highest BCUT2D eigenvalue weighted by molar-refractivity contribution is 4.99. The Bertz CT molecular complexity index is 209. The summed E-state index contributed by atoms with van der Waals surface area (Å²) < 4.78 is 0. The molecule has 1 heteroatoms. The van der Waals surface area contributed by atoms with E-state index in [-0.39, 0.29) is 5.60 Å². The zero-order chi connectivity index (χ0) is 12.2. The summed E-state index contributed by atoms with van der Waals surface area (Å²) in [4.78, 5) is 0. The van der Waals surface area contributed by atoms with E-state index in [0.717, 1.165) is 19.3 Å². The Balaban J connectivity index is 1.62. The van der Waals surface area contributed by atoms with Gasteiger partial charge in [-0.15, -0.1) is 0 Å². The Kier molecular flexibility index (Phi) is 4.52. The van der Waals surface area contributed by atoms with Crippen LogP contribution in [0.15, 0.2) is 0 Å². The summed E-state index contributed by atoms with van der Waals surface area (Å²) in [6.07, 6.45) is 17.1. The van der Waals surface area contributed by atoms with Crippen LogP contribution in [-0.4, -0.2) is 10.7 Å². The average Bonchev–Trinajstić information content (AvgIpc) is 2.36. The zero-order valence-electron chi connectivity index (χ0n) is 11.6. The second-order valence-corrected chi connectivity index (χ2v) is 6.74. The van der Waals surface area contributed by atoms with E-state index in [4.69, 9.17) is 0 Å². The molecule has 0 aromatic carbocycles. The highest BCUT2D eigenvalue weighted by atomic mass is 16.3. The molecule has 0 saturated heterocycles. The molecule has 0 atom stereocenters. The van der Waals surface area contributed by atoms with Gasteiger partial charge in [0.1, 0.15) is 0 Å². The fourth-order valence-electron chi connectivity index (χ4n) is 3.90. The van der Waals surface area contributed by atoms with Gasteiger partial charge in [0.2, 0.25) is 0 Å². The first-order valence-electron chi connectivity index (χ1n) is 7.91. The van der Waals surface area contributed by atoms with Crippen molar-refractivity contribution in [3.63, 3.8) is 0 Å². The third-order valence-corrected chi connectivity index (χ3v) is 5.42. The predicted octanol–water partition coefficient (Wildman–Crippen LogP) is 4.82. The molecule has 0 radical (unpaired) electrons. The fraction of sp³-hybridized carbons (Fsp3) is 1.00. The molecule has 100 valence electrons. The first kappa shape index (κ1) is 13.4. The Morgan fingerprint density at radius 1 is 0.765 bits per heavy atom. The Morgan fingerprint density at radius 3 is 1.88 bits per heavy atom. The molecule has 1 N–H and O–H groups in total. The second kappa shape index (κ2) is 5.73. The summed E-state index contributed by atoms with van der Waals surface area (Å²) in [6, 6.07) is 0. The maximum Gasteiger partial charge on any atom is 0.0648 e. The van der Waals surface area contributed by atoms with Crippen molar-refractivity contribution in [2.24, 2.45) is 5.41 Å². The van der Waals surface area contributed by atoms with Gasteiger partial charge < -0.3 is 5.11 Å². The molecule has 2 bridgehead atoms. The largest absolute Gasteiger partial charge is 0.390 e.